The van der Waals surface area contributed by atoms with Gasteiger partial charge in [0.25, 0.3) is 0 Å². The Bertz CT molecular complexity index is 470. The SMILES string of the molecule is CNC(C)(CCCCSc1ccc(Cl)c(Cl)c1)C(=O)O. The zero-order chi connectivity index (χ0) is 15.2. The van der Waals surface area contributed by atoms with Gasteiger partial charge in [-0.3, -0.25) is 4.79 Å². The number of hydrogen-bond donors (Lipinski definition) is 2. The van der Waals surface area contributed by atoms with Crippen molar-refractivity contribution in [3.8, 4) is 0 Å². The Morgan fingerprint density at radius 3 is 2.60 bits per heavy atom. The van der Waals surface area contributed by atoms with Crippen LogP contribution in [0.25, 0.3) is 0 Å². The molecule has 1 rings (SSSR count). The number of hydrogen-bond acceptors (Lipinski definition) is 3. The number of nitrogens with one attached hydrogen (secondary N) is 1. The van der Waals surface area contributed by atoms with Crippen molar-refractivity contribution in [3.63, 3.8) is 0 Å². The Labute approximate surface area is 134 Å². The van der Waals surface area contributed by atoms with Gasteiger partial charge in [0.15, 0.2) is 0 Å². The topological polar surface area (TPSA) is 49.3 Å². The van der Waals surface area contributed by atoms with Gasteiger partial charge in [0, 0.05) is 4.90 Å². The molecular formula is C14H19Cl2NO2S. The molecule has 0 radical (unpaired) electrons. The van der Waals surface area contributed by atoms with Crippen LogP contribution in [0, 0.1) is 0 Å². The van der Waals surface area contributed by atoms with Crippen molar-refractivity contribution in [1.29, 1.82) is 0 Å². The van der Waals surface area contributed by atoms with E-state index in [0.29, 0.717) is 16.5 Å². The number of benzene rings is 1. The summed E-state index contributed by atoms with van der Waals surface area (Å²) >= 11 is 13.5. The van der Waals surface area contributed by atoms with E-state index in [0.717, 1.165) is 23.5 Å². The van der Waals surface area contributed by atoms with E-state index in [2.05, 4.69) is 5.32 Å². The third-order valence-corrected chi connectivity index (χ3v) is 5.07. The van der Waals surface area contributed by atoms with Crippen molar-refractivity contribution in [1.82, 2.24) is 5.32 Å². The lowest BCUT2D eigenvalue weighted by molar-refractivity contribution is -0.144. The monoisotopic (exact) mass is 335 g/mol. The molecule has 0 aliphatic carbocycles. The van der Waals surface area contributed by atoms with Gasteiger partial charge < -0.3 is 10.4 Å². The fourth-order valence-electron chi connectivity index (χ4n) is 1.68. The maximum atomic E-state index is 11.1. The molecule has 0 spiro atoms. The van der Waals surface area contributed by atoms with Crippen molar-refractivity contribution < 1.29 is 9.90 Å². The van der Waals surface area contributed by atoms with Crippen LogP contribution in [0.5, 0.6) is 0 Å². The highest BCUT2D eigenvalue weighted by atomic mass is 35.5. The molecule has 0 aliphatic rings. The van der Waals surface area contributed by atoms with Gasteiger partial charge in [0.2, 0.25) is 0 Å². The van der Waals surface area contributed by atoms with Crippen LogP contribution in [0.2, 0.25) is 10.0 Å². The zero-order valence-electron chi connectivity index (χ0n) is 11.6. The summed E-state index contributed by atoms with van der Waals surface area (Å²) in [7, 11) is 1.68. The van der Waals surface area contributed by atoms with E-state index < -0.39 is 11.5 Å². The fourth-order valence-corrected chi connectivity index (χ4v) is 2.99. The first kappa shape index (κ1) is 17.6. The standard InChI is InChI=1S/C14H19Cl2NO2S/c1-14(17-2,13(18)19)7-3-4-8-20-10-5-6-11(15)12(16)9-10/h5-6,9,17H,3-4,7-8H2,1-2H3,(H,18,19). The van der Waals surface area contributed by atoms with Crippen LogP contribution in [-0.4, -0.2) is 29.4 Å². The highest BCUT2D eigenvalue weighted by Crippen LogP contribution is 2.28. The maximum Gasteiger partial charge on any atom is 0.323 e. The number of aliphatic carboxylic acids is 1. The van der Waals surface area contributed by atoms with Crippen LogP contribution >= 0.6 is 35.0 Å². The summed E-state index contributed by atoms with van der Waals surface area (Å²) in [5.74, 6) is 0.120. The summed E-state index contributed by atoms with van der Waals surface area (Å²) in [5.41, 5.74) is -0.839. The molecule has 3 nitrogen and oxygen atoms in total. The fraction of sp³-hybridized carbons (Fsp3) is 0.500. The van der Waals surface area contributed by atoms with Gasteiger partial charge in [-0.15, -0.1) is 11.8 Å². The minimum absolute atomic E-state index is 0.558. The minimum Gasteiger partial charge on any atom is -0.480 e. The number of carboxylic acid groups (broad SMARTS) is 1. The molecule has 0 saturated heterocycles. The van der Waals surface area contributed by atoms with Crippen LogP contribution in [0.4, 0.5) is 0 Å². The normalized spacial score (nSPS) is 14.0. The molecule has 0 aliphatic heterocycles. The van der Waals surface area contributed by atoms with Crippen molar-refractivity contribution in [2.45, 2.75) is 36.6 Å². The van der Waals surface area contributed by atoms with Crippen LogP contribution in [0.15, 0.2) is 23.1 Å². The summed E-state index contributed by atoms with van der Waals surface area (Å²) in [4.78, 5) is 12.2. The van der Waals surface area contributed by atoms with Crippen molar-refractivity contribution >= 4 is 40.9 Å². The van der Waals surface area contributed by atoms with Crippen LogP contribution in [0.1, 0.15) is 26.2 Å². The van der Waals surface area contributed by atoms with Gasteiger partial charge in [0.05, 0.1) is 10.0 Å². The molecule has 1 atom stereocenters. The van der Waals surface area contributed by atoms with Gasteiger partial charge in [0.1, 0.15) is 5.54 Å². The summed E-state index contributed by atoms with van der Waals surface area (Å²) in [6, 6.07) is 5.58. The van der Waals surface area contributed by atoms with E-state index in [1.807, 2.05) is 12.1 Å². The predicted octanol–water partition coefficient (Wildman–Crippen LogP) is 4.32. The van der Waals surface area contributed by atoms with Gasteiger partial charge in [-0.1, -0.05) is 29.6 Å². The Hall–Kier alpha value is -0.420. The molecule has 20 heavy (non-hydrogen) atoms. The molecule has 0 saturated carbocycles. The predicted molar refractivity (Wildman–Crippen MR) is 86.1 cm³/mol. The van der Waals surface area contributed by atoms with Crippen molar-refractivity contribution in [3.05, 3.63) is 28.2 Å². The third kappa shape index (κ3) is 5.17. The van der Waals surface area contributed by atoms with Crippen LogP contribution < -0.4 is 5.32 Å². The van der Waals surface area contributed by atoms with Gasteiger partial charge in [-0.25, -0.2) is 0 Å². The molecule has 0 bridgehead atoms. The van der Waals surface area contributed by atoms with Gasteiger partial charge in [-0.05, 0) is 50.8 Å². The van der Waals surface area contributed by atoms with Crippen LogP contribution in [-0.2, 0) is 4.79 Å². The minimum atomic E-state index is -0.839. The Balaban J connectivity index is 2.31. The molecule has 2 N–H and O–H groups in total. The van der Waals surface area contributed by atoms with Crippen molar-refractivity contribution in [2.24, 2.45) is 0 Å². The number of thioether (sulfide) groups is 1. The Morgan fingerprint density at radius 2 is 2.05 bits per heavy atom. The van der Waals surface area contributed by atoms with E-state index in [1.165, 1.54) is 0 Å². The van der Waals surface area contributed by atoms with E-state index >= 15 is 0 Å². The second-order valence-corrected chi connectivity index (χ2v) is 6.75. The highest BCUT2D eigenvalue weighted by Gasteiger charge is 2.29. The molecule has 0 fully saturated rings. The van der Waals surface area contributed by atoms with Gasteiger partial charge in [-0.2, -0.15) is 0 Å². The van der Waals surface area contributed by atoms with E-state index in [1.54, 1.807) is 31.8 Å². The molecule has 1 aromatic carbocycles. The Morgan fingerprint density at radius 1 is 1.35 bits per heavy atom. The largest absolute Gasteiger partial charge is 0.480 e. The zero-order valence-corrected chi connectivity index (χ0v) is 13.9. The number of likely N-dealkylation sites (N-methyl/N-ethyl adjacent to an activating group) is 1. The number of rotatable bonds is 8. The number of unbranched alkanes of at least 4 members (excludes halogenated alkanes) is 1. The lowest BCUT2D eigenvalue weighted by Gasteiger charge is -2.23. The smallest absolute Gasteiger partial charge is 0.323 e. The van der Waals surface area contributed by atoms with E-state index in [-0.39, 0.29) is 0 Å². The summed E-state index contributed by atoms with van der Waals surface area (Å²) in [6.07, 6.45) is 2.42. The molecule has 0 amide bonds. The second-order valence-electron chi connectivity index (χ2n) is 4.77. The van der Waals surface area contributed by atoms with Crippen LogP contribution in [0.3, 0.4) is 0 Å². The first-order chi connectivity index (χ1) is 9.39. The Kier molecular flexibility index (Phi) is 7.17. The lowest BCUT2D eigenvalue weighted by atomic mass is 9.95. The summed E-state index contributed by atoms with van der Waals surface area (Å²) < 4.78 is 0. The second kappa shape index (κ2) is 8.13. The van der Waals surface area contributed by atoms with E-state index in [9.17, 15) is 4.79 Å². The molecule has 0 heterocycles. The molecule has 1 aromatic rings. The summed E-state index contributed by atoms with van der Waals surface area (Å²) in [6.45, 7) is 1.71. The van der Waals surface area contributed by atoms with E-state index in [4.69, 9.17) is 28.3 Å². The number of carbonyl (C=O) groups is 1. The first-order valence-electron chi connectivity index (χ1n) is 6.39. The lowest BCUT2D eigenvalue weighted by Crippen LogP contribution is -2.47. The maximum absolute atomic E-state index is 11.1. The summed E-state index contributed by atoms with van der Waals surface area (Å²) in [5, 5.41) is 13.1. The highest BCUT2D eigenvalue weighted by molar-refractivity contribution is 7.99. The molecular weight excluding hydrogens is 317 g/mol. The number of halogens is 2. The molecule has 1 unspecified atom stereocenters. The molecule has 6 heteroatoms. The molecule has 0 aromatic heterocycles. The number of carboxylic acids is 1. The van der Waals surface area contributed by atoms with Crippen molar-refractivity contribution in [2.75, 3.05) is 12.8 Å². The average molecular weight is 336 g/mol. The van der Waals surface area contributed by atoms with Gasteiger partial charge >= 0.3 is 5.97 Å². The first-order valence-corrected chi connectivity index (χ1v) is 8.13. The quantitative estimate of drug-likeness (QED) is 0.548. The third-order valence-electron chi connectivity index (χ3n) is 3.25. The molecule has 112 valence electrons. The average Bonchev–Trinajstić information content (AvgIpc) is 2.41.